The first-order valence-electron chi connectivity index (χ1n) is 5.23. The van der Waals surface area contributed by atoms with Gasteiger partial charge < -0.3 is 9.64 Å². The van der Waals surface area contributed by atoms with Crippen LogP contribution in [0.25, 0.3) is 0 Å². The van der Waals surface area contributed by atoms with Crippen molar-refractivity contribution in [3.8, 4) is 0 Å². The van der Waals surface area contributed by atoms with E-state index in [2.05, 4.69) is 25.7 Å². The molecule has 0 aromatic rings. The van der Waals surface area contributed by atoms with Crippen molar-refractivity contribution in [3.63, 3.8) is 0 Å². The van der Waals surface area contributed by atoms with E-state index in [1.165, 1.54) is 0 Å². The standard InChI is InChI=1S/C10H19NOS2/c1-4-10(7-12-10)8-14-9(13)11(5-2)6-3/h4-8H2,1-3H3. The minimum absolute atomic E-state index is 0.155. The summed E-state index contributed by atoms with van der Waals surface area (Å²) in [7, 11) is 0. The minimum atomic E-state index is 0.155. The van der Waals surface area contributed by atoms with Gasteiger partial charge in [0, 0.05) is 18.8 Å². The second-order valence-corrected chi connectivity index (χ2v) is 5.16. The third-order valence-electron chi connectivity index (χ3n) is 2.68. The molecule has 0 bridgehead atoms. The monoisotopic (exact) mass is 233 g/mol. The van der Waals surface area contributed by atoms with Crippen LogP contribution in [0.1, 0.15) is 27.2 Å². The fourth-order valence-corrected chi connectivity index (χ4v) is 2.89. The minimum Gasteiger partial charge on any atom is -0.369 e. The number of ether oxygens (including phenoxy) is 1. The fraction of sp³-hybridized carbons (Fsp3) is 0.900. The van der Waals surface area contributed by atoms with Crippen molar-refractivity contribution in [2.24, 2.45) is 0 Å². The highest BCUT2D eigenvalue weighted by molar-refractivity contribution is 8.22. The van der Waals surface area contributed by atoms with Gasteiger partial charge in [0.15, 0.2) is 0 Å². The molecule has 2 nitrogen and oxygen atoms in total. The van der Waals surface area contributed by atoms with Crippen LogP contribution in [0.15, 0.2) is 0 Å². The molecule has 0 radical (unpaired) electrons. The summed E-state index contributed by atoms with van der Waals surface area (Å²) in [6, 6.07) is 0. The molecule has 0 saturated carbocycles. The smallest absolute Gasteiger partial charge is 0.136 e. The average molecular weight is 233 g/mol. The van der Waals surface area contributed by atoms with Crippen molar-refractivity contribution in [1.82, 2.24) is 4.90 Å². The summed E-state index contributed by atoms with van der Waals surface area (Å²) < 4.78 is 6.46. The molecule has 0 aromatic carbocycles. The lowest BCUT2D eigenvalue weighted by molar-refractivity contribution is 0.321. The molecule has 0 aliphatic carbocycles. The normalized spacial score (nSPS) is 24.8. The number of hydrogen-bond acceptors (Lipinski definition) is 3. The Kier molecular flexibility index (Phi) is 4.67. The van der Waals surface area contributed by atoms with E-state index in [1.54, 1.807) is 11.8 Å². The topological polar surface area (TPSA) is 15.8 Å². The van der Waals surface area contributed by atoms with Crippen LogP contribution in [0.2, 0.25) is 0 Å². The lowest BCUT2D eigenvalue weighted by atomic mass is 10.1. The van der Waals surface area contributed by atoms with Crippen molar-refractivity contribution >= 4 is 28.3 Å². The van der Waals surface area contributed by atoms with E-state index in [1.807, 2.05) is 0 Å². The van der Waals surface area contributed by atoms with Gasteiger partial charge in [-0.3, -0.25) is 0 Å². The largest absolute Gasteiger partial charge is 0.369 e. The summed E-state index contributed by atoms with van der Waals surface area (Å²) in [5.74, 6) is 1.01. The summed E-state index contributed by atoms with van der Waals surface area (Å²) in [5.41, 5.74) is 0.155. The molecule has 1 atom stereocenters. The van der Waals surface area contributed by atoms with Crippen LogP contribution in [-0.4, -0.2) is 40.3 Å². The van der Waals surface area contributed by atoms with E-state index in [0.29, 0.717) is 0 Å². The Hall–Kier alpha value is 0.200. The van der Waals surface area contributed by atoms with Crippen molar-refractivity contribution < 1.29 is 4.74 Å². The van der Waals surface area contributed by atoms with Crippen molar-refractivity contribution in [2.45, 2.75) is 32.8 Å². The Bertz CT molecular complexity index is 200. The zero-order valence-corrected chi connectivity index (χ0v) is 10.8. The molecular formula is C10H19NOS2. The van der Waals surface area contributed by atoms with E-state index in [4.69, 9.17) is 17.0 Å². The van der Waals surface area contributed by atoms with Gasteiger partial charge in [-0.1, -0.05) is 30.9 Å². The Morgan fingerprint density at radius 2 is 2.00 bits per heavy atom. The number of thiocarbonyl (C=S) groups is 1. The highest BCUT2D eigenvalue weighted by Gasteiger charge is 2.42. The zero-order valence-electron chi connectivity index (χ0n) is 9.21. The van der Waals surface area contributed by atoms with Crippen molar-refractivity contribution in [3.05, 3.63) is 0 Å². The molecule has 1 rings (SSSR count). The number of epoxide rings is 1. The Labute approximate surface area is 96.4 Å². The van der Waals surface area contributed by atoms with Gasteiger partial charge in [0.25, 0.3) is 0 Å². The van der Waals surface area contributed by atoms with E-state index < -0.39 is 0 Å². The number of thioether (sulfide) groups is 1. The van der Waals surface area contributed by atoms with Crippen LogP contribution in [0, 0.1) is 0 Å². The van der Waals surface area contributed by atoms with Crippen LogP contribution >= 0.6 is 24.0 Å². The van der Waals surface area contributed by atoms with E-state index >= 15 is 0 Å². The second-order valence-electron chi connectivity index (χ2n) is 3.55. The average Bonchev–Trinajstić information content (AvgIpc) is 2.97. The molecule has 82 valence electrons. The number of hydrogen-bond donors (Lipinski definition) is 0. The first-order valence-corrected chi connectivity index (χ1v) is 6.62. The highest BCUT2D eigenvalue weighted by Crippen LogP contribution is 2.34. The molecule has 1 saturated heterocycles. The van der Waals surface area contributed by atoms with E-state index in [9.17, 15) is 0 Å². The number of nitrogens with zero attached hydrogens (tertiary/aromatic N) is 1. The van der Waals surface area contributed by atoms with Gasteiger partial charge in [0.2, 0.25) is 0 Å². The Morgan fingerprint density at radius 1 is 1.43 bits per heavy atom. The van der Waals surface area contributed by atoms with Crippen LogP contribution in [-0.2, 0) is 4.74 Å². The molecule has 1 heterocycles. The Balaban J connectivity index is 2.27. The maximum Gasteiger partial charge on any atom is 0.136 e. The second kappa shape index (κ2) is 5.33. The third-order valence-corrected chi connectivity index (χ3v) is 4.46. The van der Waals surface area contributed by atoms with Crippen LogP contribution < -0.4 is 0 Å². The van der Waals surface area contributed by atoms with Gasteiger partial charge in [-0.05, 0) is 20.3 Å². The van der Waals surface area contributed by atoms with E-state index in [-0.39, 0.29) is 5.60 Å². The lowest BCUT2D eigenvalue weighted by Crippen LogP contribution is -2.28. The summed E-state index contributed by atoms with van der Waals surface area (Å²) >= 11 is 7.11. The molecule has 0 aromatic heterocycles. The molecular weight excluding hydrogens is 214 g/mol. The zero-order chi connectivity index (χ0) is 10.6. The molecule has 1 aliphatic rings. The van der Waals surface area contributed by atoms with Gasteiger partial charge in [0.1, 0.15) is 9.92 Å². The van der Waals surface area contributed by atoms with Crippen LogP contribution in [0.3, 0.4) is 0 Å². The molecule has 14 heavy (non-hydrogen) atoms. The summed E-state index contributed by atoms with van der Waals surface area (Å²) in [4.78, 5) is 2.21. The van der Waals surface area contributed by atoms with Crippen molar-refractivity contribution in [1.29, 1.82) is 0 Å². The summed E-state index contributed by atoms with van der Waals surface area (Å²) in [5, 5.41) is 0. The van der Waals surface area contributed by atoms with E-state index in [0.717, 1.165) is 36.2 Å². The van der Waals surface area contributed by atoms with Crippen molar-refractivity contribution in [2.75, 3.05) is 25.4 Å². The van der Waals surface area contributed by atoms with Gasteiger partial charge in [0.05, 0.1) is 6.61 Å². The first-order chi connectivity index (χ1) is 6.67. The number of rotatable bonds is 5. The maximum absolute atomic E-state index is 5.44. The SMILES string of the molecule is CCN(CC)C(=S)SCC1(CC)CO1. The molecule has 0 amide bonds. The van der Waals surface area contributed by atoms with Gasteiger partial charge in [-0.2, -0.15) is 0 Å². The molecule has 1 fully saturated rings. The van der Waals surface area contributed by atoms with Gasteiger partial charge >= 0.3 is 0 Å². The predicted molar refractivity (Wildman–Crippen MR) is 67.0 cm³/mol. The van der Waals surface area contributed by atoms with Gasteiger partial charge in [-0.15, -0.1) is 0 Å². The van der Waals surface area contributed by atoms with Crippen LogP contribution in [0.4, 0.5) is 0 Å². The first kappa shape index (κ1) is 12.3. The molecule has 1 aliphatic heterocycles. The molecule has 1 unspecified atom stereocenters. The predicted octanol–water partition coefficient (Wildman–Crippen LogP) is 2.53. The third kappa shape index (κ3) is 3.11. The Morgan fingerprint density at radius 3 is 2.36 bits per heavy atom. The summed E-state index contributed by atoms with van der Waals surface area (Å²) in [6.07, 6.45) is 1.10. The lowest BCUT2D eigenvalue weighted by Gasteiger charge is -2.21. The van der Waals surface area contributed by atoms with Gasteiger partial charge in [-0.25, -0.2) is 0 Å². The fourth-order valence-electron chi connectivity index (χ4n) is 1.26. The van der Waals surface area contributed by atoms with Crippen LogP contribution in [0.5, 0.6) is 0 Å². The molecule has 0 N–H and O–H groups in total. The maximum atomic E-state index is 5.44. The quantitative estimate of drug-likeness (QED) is 0.535. The molecule has 0 spiro atoms. The molecule has 4 heteroatoms. The highest BCUT2D eigenvalue weighted by atomic mass is 32.2. The summed E-state index contributed by atoms with van der Waals surface area (Å²) in [6.45, 7) is 9.37.